The maximum absolute atomic E-state index is 12.2. The Bertz CT molecular complexity index is 768. The third-order valence-electron chi connectivity index (χ3n) is 3.14. The maximum Gasteiger partial charge on any atom is 0.412 e. The lowest BCUT2D eigenvalue weighted by atomic mass is 10.2. The lowest BCUT2D eigenvalue weighted by Gasteiger charge is -2.11. The van der Waals surface area contributed by atoms with E-state index in [-0.39, 0.29) is 12.3 Å². The third-order valence-corrected chi connectivity index (χ3v) is 3.14. The number of benzene rings is 1. The van der Waals surface area contributed by atoms with Crippen molar-refractivity contribution in [3.05, 3.63) is 64.1 Å². The van der Waals surface area contributed by atoms with E-state index in [1.54, 1.807) is 25.1 Å². The average molecular weight is 316 g/mol. The van der Waals surface area contributed by atoms with Gasteiger partial charge in [0, 0.05) is 5.69 Å². The predicted molar refractivity (Wildman–Crippen MR) is 83.3 cm³/mol. The zero-order valence-electron chi connectivity index (χ0n) is 12.5. The highest BCUT2D eigenvalue weighted by Gasteiger charge is 2.12. The Hall–Kier alpha value is -3.09. The predicted octanol–water partition coefficient (Wildman–Crippen LogP) is 1.99. The molecule has 2 aromatic rings. The molecule has 120 valence electrons. The largest absolute Gasteiger partial charge is 0.480 e. The molecule has 0 spiro atoms. The number of nitrogens with one attached hydrogen (secondary N) is 1. The quantitative estimate of drug-likeness (QED) is 0.879. The molecule has 0 aliphatic carbocycles. The first-order valence-electron chi connectivity index (χ1n) is 6.87. The fraction of sp³-hybridized carbons (Fsp3) is 0.188. The molecule has 0 aliphatic rings. The Morgan fingerprint density at radius 2 is 1.87 bits per heavy atom. The Balaban J connectivity index is 2.06. The lowest BCUT2D eigenvalue weighted by Crippen LogP contribution is -2.29. The van der Waals surface area contributed by atoms with E-state index in [9.17, 15) is 14.4 Å². The van der Waals surface area contributed by atoms with Gasteiger partial charge in [-0.25, -0.2) is 4.79 Å². The standard InChI is InChI=1S/C16H16N2O5/c1-11-7-8-13(15(21)18(11)9-14(19)20)17-16(22)23-10-12-5-3-2-4-6-12/h2-8H,9-10H2,1H3,(H,17,22)(H,19,20). The fourth-order valence-electron chi connectivity index (χ4n) is 1.97. The normalized spacial score (nSPS) is 10.1. The van der Waals surface area contributed by atoms with Gasteiger partial charge in [0.2, 0.25) is 0 Å². The smallest absolute Gasteiger partial charge is 0.412 e. The molecule has 0 atom stereocenters. The van der Waals surface area contributed by atoms with Crippen molar-refractivity contribution in [2.45, 2.75) is 20.1 Å². The summed E-state index contributed by atoms with van der Waals surface area (Å²) in [4.78, 5) is 34.7. The number of amides is 1. The van der Waals surface area contributed by atoms with E-state index >= 15 is 0 Å². The van der Waals surface area contributed by atoms with Gasteiger partial charge in [-0.05, 0) is 24.6 Å². The minimum atomic E-state index is -1.14. The summed E-state index contributed by atoms with van der Waals surface area (Å²) < 4.78 is 6.09. The summed E-state index contributed by atoms with van der Waals surface area (Å²) >= 11 is 0. The number of aryl methyl sites for hydroxylation is 1. The van der Waals surface area contributed by atoms with E-state index in [1.165, 1.54) is 6.07 Å². The molecule has 1 heterocycles. The fourth-order valence-corrected chi connectivity index (χ4v) is 1.97. The van der Waals surface area contributed by atoms with Gasteiger partial charge in [-0.2, -0.15) is 0 Å². The number of aliphatic carboxylic acids is 1. The van der Waals surface area contributed by atoms with Crippen LogP contribution in [0.4, 0.5) is 10.5 Å². The van der Waals surface area contributed by atoms with Crippen molar-refractivity contribution in [3.8, 4) is 0 Å². The number of carbonyl (C=O) groups excluding carboxylic acids is 1. The van der Waals surface area contributed by atoms with E-state index in [0.717, 1.165) is 10.1 Å². The molecule has 0 unspecified atom stereocenters. The monoisotopic (exact) mass is 316 g/mol. The highest BCUT2D eigenvalue weighted by Crippen LogP contribution is 2.06. The van der Waals surface area contributed by atoms with Gasteiger partial charge in [0.05, 0.1) is 0 Å². The van der Waals surface area contributed by atoms with Gasteiger partial charge in [-0.15, -0.1) is 0 Å². The molecule has 0 bridgehead atoms. The van der Waals surface area contributed by atoms with Crippen molar-refractivity contribution < 1.29 is 19.4 Å². The molecule has 0 saturated heterocycles. The molecule has 1 aromatic heterocycles. The van der Waals surface area contributed by atoms with Crippen LogP contribution in [0.2, 0.25) is 0 Å². The summed E-state index contributed by atoms with van der Waals surface area (Å²) in [5.41, 5.74) is 0.675. The van der Waals surface area contributed by atoms with Crippen molar-refractivity contribution >= 4 is 17.7 Å². The second-order valence-corrected chi connectivity index (χ2v) is 4.86. The Morgan fingerprint density at radius 3 is 2.52 bits per heavy atom. The Morgan fingerprint density at radius 1 is 1.17 bits per heavy atom. The zero-order chi connectivity index (χ0) is 16.8. The second kappa shape index (κ2) is 7.26. The molecule has 2 N–H and O–H groups in total. The SMILES string of the molecule is Cc1ccc(NC(=O)OCc2ccccc2)c(=O)n1CC(=O)O. The number of anilines is 1. The van der Waals surface area contributed by atoms with Gasteiger partial charge in [0.15, 0.2) is 0 Å². The molecule has 0 radical (unpaired) electrons. The number of carboxylic acids is 1. The zero-order valence-corrected chi connectivity index (χ0v) is 12.5. The number of hydrogen-bond donors (Lipinski definition) is 2. The van der Waals surface area contributed by atoms with Crippen molar-refractivity contribution in [2.75, 3.05) is 5.32 Å². The van der Waals surface area contributed by atoms with Gasteiger partial charge in [0.1, 0.15) is 18.8 Å². The summed E-state index contributed by atoms with van der Waals surface area (Å²) in [7, 11) is 0. The van der Waals surface area contributed by atoms with Crippen LogP contribution in [-0.4, -0.2) is 21.7 Å². The van der Waals surface area contributed by atoms with Crippen LogP contribution in [0.1, 0.15) is 11.3 Å². The molecule has 23 heavy (non-hydrogen) atoms. The second-order valence-electron chi connectivity index (χ2n) is 4.86. The molecule has 1 amide bonds. The summed E-state index contributed by atoms with van der Waals surface area (Å²) in [6.45, 7) is 1.21. The average Bonchev–Trinajstić information content (AvgIpc) is 2.53. The molecular formula is C16H16N2O5. The first-order chi connectivity index (χ1) is 11.0. The van der Waals surface area contributed by atoms with Crippen LogP contribution in [0.3, 0.4) is 0 Å². The molecule has 7 nitrogen and oxygen atoms in total. The van der Waals surface area contributed by atoms with Crippen molar-refractivity contribution in [2.24, 2.45) is 0 Å². The van der Waals surface area contributed by atoms with Gasteiger partial charge < -0.3 is 9.84 Å². The van der Waals surface area contributed by atoms with Gasteiger partial charge >= 0.3 is 12.1 Å². The van der Waals surface area contributed by atoms with Gasteiger partial charge in [0.25, 0.3) is 5.56 Å². The number of rotatable bonds is 5. The minimum Gasteiger partial charge on any atom is -0.480 e. The number of ether oxygens (including phenoxy) is 1. The summed E-state index contributed by atoms with van der Waals surface area (Å²) in [6.07, 6.45) is -0.781. The topological polar surface area (TPSA) is 97.6 Å². The summed E-state index contributed by atoms with van der Waals surface area (Å²) in [5, 5.41) is 11.2. The molecule has 0 saturated carbocycles. The van der Waals surface area contributed by atoms with Crippen LogP contribution in [0.15, 0.2) is 47.3 Å². The Labute approximate surface area is 132 Å². The lowest BCUT2D eigenvalue weighted by molar-refractivity contribution is -0.137. The Kier molecular flexibility index (Phi) is 5.14. The molecular weight excluding hydrogens is 300 g/mol. The number of hydrogen-bond acceptors (Lipinski definition) is 4. The molecule has 0 fully saturated rings. The van der Waals surface area contributed by atoms with E-state index in [2.05, 4.69) is 5.32 Å². The first-order valence-corrected chi connectivity index (χ1v) is 6.87. The van der Waals surface area contributed by atoms with E-state index < -0.39 is 24.2 Å². The van der Waals surface area contributed by atoms with Crippen LogP contribution < -0.4 is 10.9 Å². The minimum absolute atomic E-state index is 0.0325. The van der Waals surface area contributed by atoms with Gasteiger partial charge in [-0.3, -0.25) is 19.5 Å². The van der Waals surface area contributed by atoms with Crippen LogP contribution >= 0.6 is 0 Å². The highest BCUT2D eigenvalue weighted by atomic mass is 16.5. The molecule has 7 heteroatoms. The number of aromatic nitrogens is 1. The number of carboxylic acid groups (broad SMARTS) is 1. The van der Waals surface area contributed by atoms with Crippen molar-refractivity contribution in [1.82, 2.24) is 4.57 Å². The van der Waals surface area contributed by atoms with Crippen LogP contribution in [-0.2, 0) is 22.7 Å². The van der Waals surface area contributed by atoms with E-state index in [4.69, 9.17) is 9.84 Å². The number of nitrogens with zero attached hydrogens (tertiary/aromatic N) is 1. The van der Waals surface area contributed by atoms with E-state index in [0.29, 0.717) is 5.69 Å². The number of pyridine rings is 1. The number of carbonyl (C=O) groups is 2. The van der Waals surface area contributed by atoms with Crippen molar-refractivity contribution in [3.63, 3.8) is 0 Å². The highest BCUT2D eigenvalue weighted by molar-refractivity contribution is 5.84. The van der Waals surface area contributed by atoms with Gasteiger partial charge in [-0.1, -0.05) is 30.3 Å². The molecule has 1 aromatic carbocycles. The summed E-state index contributed by atoms with van der Waals surface area (Å²) in [6, 6.07) is 12.1. The molecule has 2 rings (SSSR count). The van der Waals surface area contributed by atoms with Crippen molar-refractivity contribution in [1.29, 1.82) is 0 Å². The molecule has 0 aliphatic heterocycles. The van der Waals surface area contributed by atoms with Crippen LogP contribution in [0.5, 0.6) is 0 Å². The van der Waals surface area contributed by atoms with E-state index in [1.807, 2.05) is 18.2 Å². The third kappa shape index (κ3) is 4.44. The van der Waals surface area contributed by atoms with Crippen LogP contribution in [0.25, 0.3) is 0 Å². The van der Waals surface area contributed by atoms with Crippen LogP contribution in [0, 0.1) is 6.92 Å². The first kappa shape index (κ1) is 16.3. The maximum atomic E-state index is 12.2. The summed E-state index contributed by atoms with van der Waals surface area (Å²) in [5.74, 6) is -1.14.